The van der Waals surface area contributed by atoms with Gasteiger partial charge in [-0.2, -0.15) is 18.3 Å². The minimum Gasteiger partial charge on any atom is -0.497 e. The summed E-state index contributed by atoms with van der Waals surface area (Å²) in [6, 6.07) is 15.4. The molecule has 4 nitrogen and oxygen atoms in total. The van der Waals surface area contributed by atoms with Gasteiger partial charge in [0.15, 0.2) is 5.69 Å². The Labute approximate surface area is 162 Å². The molecule has 0 aliphatic rings. The second kappa shape index (κ2) is 7.12. The molecule has 0 unspecified atom stereocenters. The summed E-state index contributed by atoms with van der Waals surface area (Å²) in [7, 11) is 1.57. The van der Waals surface area contributed by atoms with Crippen LogP contribution in [0.5, 0.6) is 5.75 Å². The fourth-order valence-electron chi connectivity index (χ4n) is 2.68. The van der Waals surface area contributed by atoms with Gasteiger partial charge in [-0.05, 0) is 42.0 Å². The van der Waals surface area contributed by atoms with Gasteiger partial charge in [-0.25, -0.2) is 9.67 Å². The summed E-state index contributed by atoms with van der Waals surface area (Å²) >= 11 is 1.16. The molecular formula is C20H14F3N3OS. The molecule has 0 saturated heterocycles. The minimum absolute atomic E-state index is 0.178. The molecule has 2 aromatic heterocycles. The molecular weight excluding hydrogens is 387 g/mol. The van der Waals surface area contributed by atoms with Crippen LogP contribution in [-0.4, -0.2) is 21.9 Å². The van der Waals surface area contributed by atoms with Crippen LogP contribution < -0.4 is 4.74 Å². The van der Waals surface area contributed by atoms with Crippen molar-refractivity contribution in [2.24, 2.45) is 0 Å². The lowest BCUT2D eigenvalue weighted by Crippen LogP contribution is -2.12. The maximum atomic E-state index is 13.5. The largest absolute Gasteiger partial charge is 0.497 e. The Kier molecular flexibility index (Phi) is 4.64. The van der Waals surface area contributed by atoms with Gasteiger partial charge in [-0.3, -0.25) is 0 Å². The van der Waals surface area contributed by atoms with Crippen molar-refractivity contribution in [2.75, 3.05) is 7.11 Å². The second-order valence-electron chi connectivity index (χ2n) is 5.93. The number of para-hydroxylation sites is 1. The Morgan fingerprint density at radius 2 is 1.79 bits per heavy atom. The zero-order chi connectivity index (χ0) is 19.7. The highest BCUT2D eigenvalue weighted by Gasteiger charge is 2.36. The number of aromatic nitrogens is 3. The lowest BCUT2D eigenvalue weighted by molar-refractivity contribution is -0.142. The van der Waals surface area contributed by atoms with E-state index in [1.54, 1.807) is 43.5 Å². The third-order valence-electron chi connectivity index (χ3n) is 4.04. The van der Waals surface area contributed by atoms with E-state index >= 15 is 0 Å². The van der Waals surface area contributed by atoms with Crippen LogP contribution in [0.1, 0.15) is 17.0 Å². The number of nitrogens with zero attached hydrogens (tertiary/aromatic N) is 3. The highest BCUT2D eigenvalue weighted by molar-refractivity contribution is 7.20. The van der Waals surface area contributed by atoms with Crippen LogP contribution in [-0.2, 0) is 6.18 Å². The third kappa shape index (κ3) is 3.63. The highest BCUT2D eigenvalue weighted by atomic mass is 32.1. The monoisotopic (exact) mass is 401 g/mol. The summed E-state index contributed by atoms with van der Waals surface area (Å²) in [6.45, 7) is 0. The predicted molar refractivity (Wildman–Crippen MR) is 104 cm³/mol. The van der Waals surface area contributed by atoms with Crippen LogP contribution in [0.3, 0.4) is 0 Å². The normalized spacial score (nSPS) is 12.1. The van der Waals surface area contributed by atoms with Crippen LogP contribution in [0.4, 0.5) is 13.2 Å². The molecule has 2 aromatic carbocycles. The summed E-state index contributed by atoms with van der Waals surface area (Å²) in [4.78, 5) is 4.29. The molecule has 142 valence electrons. The van der Waals surface area contributed by atoms with Crippen molar-refractivity contribution >= 4 is 33.7 Å². The van der Waals surface area contributed by atoms with Crippen LogP contribution in [0.2, 0.25) is 0 Å². The molecule has 4 aromatic rings. The lowest BCUT2D eigenvalue weighted by atomic mass is 10.2. The molecule has 0 spiro atoms. The fraction of sp³-hybridized carbons (Fsp3) is 0.100. The number of hydrogen-bond donors (Lipinski definition) is 0. The number of thiazole rings is 1. The van der Waals surface area contributed by atoms with Gasteiger partial charge in [0.1, 0.15) is 5.75 Å². The molecule has 0 N–H and O–H groups in total. The minimum atomic E-state index is -4.54. The van der Waals surface area contributed by atoms with Gasteiger partial charge in [-0.15, -0.1) is 0 Å². The van der Waals surface area contributed by atoms with E-state index < -0.39 is 11.9 Å². The summed E-state index contributed by atoms with van der Waals surface area (Å²) in [5.41, 5.74) is 0.800. The Morgan fingerprint density at radius 3 is 2.46 bits per heavy atom. The van der Waals surface area contributed by atoms with Crippen molar-refractivity contribution in [3.05, 3.63) is 71.5 Å². The van der Waals surface area contributed by atoms with E-state index in [0.29, 0.717) is 11.3 Å². The van der Waals surface area contributed by atoms with Gasteiger partial charge in [0.2, 0.25) is 5.13 Å². The van der Waals surface area contributed by atoms with Crippen LogP contribution in [0.25, 0.3) is 27.5 Å². The fourth-order valence-corrected chi connectivity index (χ4v) is 3.61. The van der Waals surface area contributed by atoms with E-state index in [9.17, 15) is 13.2 Å². The maximum absolute atomic E-state index is 13.5. The number of benzene rings is 2. The van der Waals surface area contributed by atoms with E-state index in [2.05, 4.69) is 10.1 Å². The van der Waals surface area contributed by atoms with Crippen molar-refractivity contribution in [1.29, 1.82) is 0 Å². The Hall–Kier alpha value is -3.13. The molecule has 0 bridgehead atoms. The summed E-state index contributed by atoms with van der Waals surface area (Å²) in [5.74, 6) is 0.705. The van der Waals surface area contributed by atoms with Gasteiger partial charge in [0, 0.05) is 0 Å². The first kappa shape index (κ1) is 18.2. The van der Waals surface area contributed by atoms with E-state index in [0.717, 1.165) is 32.3 Å². The van der Waals surface area contributed by atoms with Crippen molar-refractivity contribution in [1.82, 2.24) is 14.8 Å². The average Bonchev–Trinajstić information content (AvgIpc) is 3.30. The quantitative estimate of drug-likeness (QED) is 0.442. The summed E-state index contributed by atoms with van der Waals surface area (Å²) < 4.78 is 47.3. The number of ether oxygens (including phenoxy) is 1. The molecule has 8 heteroatoms. The average molecular weight is 401 g/mol. The number of hydrogen-bond acceptors (Lipinski definition) is 4. The molecule has 0 atom stereocenters. The number of halogens is 3. The molecule has 0 fully saturated rings. The van der Waals surface area contributed by atoms with Gasteiger partial charge in [0.05, 0.1) is 23.0 Å². The Bertz CT molecular complexity index is 1110. The second-order valence-corrected chi connectivity index (χ2v) is 6.94. The molecule has 28 heavy (non-hydrogen) atoms. The first-order valence-electron chi connectivity index (χ1n) is 8.29. The number of methoxy groups -OCH3 is 1. The smallest absolute Gasteiger partial charge is 0.433 e. The maximum Gasteiger partial charge on any atom is 0.433 e. The molecule has 2 heterocycles. The number of rotatable bonds is 4. The Morgan fingerprint density at radius 1 is 1.04 bits per heavy atom. The summed E-state index contributed by atoms with van der Waals surface area (Å²) in [5, 5.41) is 4.30. The first-order valence-corrected chi connectivity index (χ1v) is 9.11. The van der Waals surface area contributed by atoms with E-state index in [1.807, 2.05) is 24.3 Å². The predicted octanol–water partition coefficient (Wildman–Crippen LogP) is 5.68. The lowest BCUT2D eigenvalue weighted by Gasteiger charge is -2.06. The molecule has 0 aliphatic carbocycles. The van der Waals surface area contributed by atoms with Gasteiger partial charge >= 0.3 is 6.18 Å². The zero-order valence-corrected chi connectivity index (χ0v) is 15.5. The first-order chi connectivity index (χ1) is 13.4. The van der Waals surface area contributed by atoms with Gasteiger partial charge in [0.25, 0.3) is 0 Å². The van der Waals surface area contributed by atoms with Crippen LogP contribution in [0, 0.1) is 0 Å². The molecule has 0 saturated carbocycles. The van der Waals surface area contributed by atoms with Gasteiger partial charge < -0.3 is 4.74 Å². The third-order valence-corrected chi connectivity index (χ3v) is 5.06. The SMILES string of the molecule is COc1ccc(C=Cc2cc(C(F)(F)F)n(-c3nc4ccccc4s3)n2)cc1. The zero-order valence-electron chi connectivity index (χ0n) is 14.6. The summed E-state index contributed by atoms with van der Waals surface area (Å²) in [6.07, 6.45) is -1.30. The van der Waals surface area contributed by atoms with E-state index in [1.165, 1.54) is 0 Å². The van der Waals surface area contributed by atoms with Crippen LogP contribution in [0.15, 0.2) is 54.6 Å². The molecule has 4 rings (SSSR count). The highest BCUT2D eigenvalue weighted by Crippen LogP contribution is 2.34. The van der Waals surface area contributed by atoms with E-state index in [4.69, 9.17) is 4.74 Å². The standard InChI is InChI=1S/C20H14F3N3OS/c1-27-15-10-7-13(8-11-15)6-9-14-12-18(20(21,22)23)26(25-14)19-24-16-4-2-3-5-17(16)28-19/h2-12H,1H3. The van der Waals surface area contributed by atoms with Crippen LogP contribution >= 0.6 is 11.3 Å². The number of alkyl halides is 3. The van der Waals surface area contributed by atoms with E-state index in [-0.39, 0.29) is 10.8 Å². The van der Waals surface area contributed by atoms with Crippen molar-refractivity contribution < 1.29 is 17.9 Å². The van der Waals surface area contributed by atoms with Crippen molar-refractivity contribution in [2.45, 2.75) is 6.18 Å². The van der Waals surface area contributed by atoms with Gasteiger partial charge in [-0.1, -0.05) is 41.7 Å². The molecule has 0 radical (unpaired) electrons. The van der Waals surface area contributed by atoms with Crippen molar-refractivity contribution in [3.8, 4) is 10.9 Å². The molecule has 0 amide bonds. The Balaban J connectivity index is 1.72. The number of fused-ring (bicyclic) bond motifs is 1. The topological polar surface area (TPSA) is 39.9 Å². The molecule has 0 aliphatic heterocycles. The van der Waals surface area contributed by atoms with Crippen molar-refractivity contribution in [3.63, 3.8) is 0 Å².